The predicted octanol–water partition coefficient (Wildman–Crippen LogP) is 2.53. The molecule has 7 nitrogen and oxygen atoms in total. The van der Waals surface area contributed by atoms with Crippen molar-refractivity contribution in [2.75, 3.05) is 32.7 Å². The second kappa shape index (κ2) is 10.2. The number of benzene rings is 1. The number of rotatable bonds is 4. The molecular weight excluding hydrogens is 459 g/mol. The molecule has 0 spiro atoms. The summed E-state index contributed by atoms with van der Waals surface area (Å²) in [6.45, 7) is 6.04. The van der Waals surface area contributed by atoms with Crippen LogP contribution in [0, 0.1) is 0 Å². The van der Waals surface area contributed by atoms with Gasteiger partial charge in [0.2, 0.25) is 0 Å². The SMILES string of the molecule is CCNC(=NCc1ccc(O)cc1)N1CCN(C(=O)c2ccco2)CC1.I. The Morgan fingerprint density at radius 3 is 2.41 bits per heavy atom. The summed E-state index contributed by atoms with van der Waals surface area (Å²) in [6, 6.07) is 10.5. The Morgan fingerprint density at radius 1 is 1.15 bits per heavy atom. The van der Waals surface area contributed by atoms with Crippen LogP contribution in [0.25, 0.3) is 0 Å². The van der Waals surface area contributed by atoms with Crippen molar-refractivity contribution < 1.29 is 14.3 Å². The molecule has 1 amide bonds. The van der Waals surface area contributed by atoms with Crippen LogP contribution in [0.3, 0.4) is 0 Å². The highest BCUT2D eigenvalue weighted by molar-refractivity contribution is 14.0. The van der Waals surface area contributed by atoms with Crippen molar-refractivity contribution in [2.24, 2.45) is 4.99 Å². The van der Waals surface area contributed by atoms with Crippen LogP contribution in [0.4, 0.5) is 0 Å². The van der Waals surface area contributed by atoms with Gasteiger partial charge in [0.1, 0.15) is 5.75 Å². The van der Waals surface area contributed by atoms with Crippen molar-refractivity contribution >= 4 is 35.8 Å². The molecule has 0 unspecified atom stereocenters. The molecule has 146 valence electrons. The number of amides is 1. The zero-order chi connectivity index (χ0) is 18.4. The van der Waals surface area contributed by atoms with Gasteiger partial charge in [-0.05, 0) is 36.8 Å². The summed E-state index contributed by atoms with van der Waals surface area (Å²) in [4.78, 5) is 21.0. The Labute approximate surface area is 176 Å². The van der Waals surface area contributed by atoms with E-state index in [-0.39, 0.29) is 35.6 Å². The first-order chi connectivity index (χ1) is 12.7. The second-order valence-electron chi connectivity index (χ2n) is 6.09. The molecule has 3 rings (SSSR count). The molecule has 2 aromatic rings. The number of carbonyl (C=O) groups excluding carboxylic acids is 1. The Bertz CT molecular complexity index is 739. The summed E-state index contributed by atoms with van der Waals surface area (Å²) in [5.74, 6) is 1.40. The first-order valence-electron chi connectivity index (χ1n) is 8.81. The normalized spacial score (nSPS) is 14.6. The summed E-state index contributed by atoms with van der Waals surface area (Å²) in [5, 5.41) is 12.7. The molecule has 0 bridgehead atoms. The topological polar surface area (TPSA) is 81.3 Å². The lowest BCUT2D eigenvalue weighted by Gasteiger charge is -2.36. The van der Waals surface area contributed by atoms with Crippen LogP contribution in [0.1, 0.15) is 23.0 Å². The largest absolute Gasteiger partial charge is 0.508 e. The summed E-state index contributed by atoms with van der Waals surface area (Å²) in [6.07, 6.45) is 1.52. The number of halogens is 1. The number of hydrogen-bond donors (Lipinski definition) is 2. The lowest BCUT2D eigenvalue weighted by atomic mass is 10.2. The van der Waals surface area contributed by atoms with E-state index in [1.165, 1.54) is 6.26 Å². The van der Waals surface area contributed by atoms with Gasteiger partial charge >= 0.3 is 0 Å². The Kier molecular flexibility index (Phi) is 7.96. The van der Waals surface area contributed by atoms with E-state index in [9.17, 15) is 9.90 Å². The molecule has 1 saturated heterocycles. The van der Waals surface area contributed by atoms with Crippen LogP contribution in [-0.2, 0) is 6.54 Å². The molecule has 0 atom stereocenters. The molecule has 27 heavy (non-hydrogen) atoms. The lowest BCUT2D eigenvalue weighted by molar-refractivity contribution is 0.0657. The molecule has 0 aliphatic carbocycles. The van der Waals surface area contributed by atoms with Crippen LogP contribution < -0.4 is 5.32 Å². The van der Waals surface area contributed by atoms with Gasteiger partial charge in [0.05, 0.1) is 12.8 Å². The monoisotopic (exact) mass is 484 g/mol. The van der Waals surface area contributed by atoms with Crippen molar-refractivity contribution in [2.45, 2.75) is 13.5 Å². The van der Waals surface area contributed by atoms with Crippen molar-refractivity contribution in [1.82, 2.24) is 15.1 Å². The van der Waals surface area contributed by atoms with Gasteiger partial charge in [0, 0.05) is 32.7 Å². The molecule has 1 aliphatic rings. The van der Waals surface area contributed by atoms with E-state index in [0.29, 0.717) is 38.5 Å². The number of piperazine rings is 1. The molecule has 1 aromatic heterocycles. The minimum atomic E-state index is -0.0688. The van der Waals surface area contributed by atoms with Crippen LogP contribution in [0.5, 0.6) is 5.75 Å². The number of nitrogens with one attached hydrogen (secondary N) is 1. The molecule has 2 N–H and O–H groups in total. The molecule has 0 radical (unpaired) electrons. The summed E-state index contributed by atoms with van der Waals surface area (Å²) < 4.78 is 5.20. The zero-order valence-corrected chi connectivity index (χ0v) is 17.6. The van der Waals surface area contributed by atoms with Crippen molar-refractivity contribution in [1.29, 1.82) is 0 Å². The fraction of sp³-hybridized carbons (Fsp3) is 0.368. The molecular formula is C19H25IN4O3. The average Bonchev–Trinajstić information content (AvgIpc) is 3.21. The van der Waals surface area contributed by atoms with Gasteiger partial charge in [0.25, 0.3) is 5.91 Å². The lowest BCUT2D eigenvalue weighted by Crippen LogP contribution is -2.53. The summed E-state index contributed by atoms with van der Waals surface area (Å²) in [7, 11) is 0. The molecule has 0 saturated carbocycles. The van der Waals surface area contributed by atoms with Gasteiger partial charge in [0.15, 0.2) is 11.7 Å². The fourth-order valence-corrected chi connectivity index (χ4v) is 2.87. The number of aliphatic imine (C=N–C) groups is 1. The van der Waals surface area contributed by atoms with E-state index < -0.39 is 0 Å². The predicted molar refractivity (Wildman–Crippen MR) is 115 cm³/mol. The van der Waals surface area contributed by atoms with E-state index in [4.69, 9.17) is 4.42 Å². The number of guanidine groups is 1. The molecule has 1 fully saturated rings. The van der Waals surface area contributed by atoms with Gasteiger partial charge in [-0.1, -0.05) is 12.1 Å². The van der Waals surface area contributed by atoms with E-state index in [2.05, 4.69) is 15.2 Å². The second-order valence-corrected chi connectivity index (χ2v) is 6.09. The molecule has 1 aliphatic heterocycles. The summed E-state index contributed by atoms with van der Waals surface area (Å²) in [5.41, 5.74) is 1.03. The smallest absolute Gasteiger partial charge is 0.289 e. The van der Waals surface area contributed by atoms with E-state index >= 15 is 0 Å². The van der Waals surface area contributed by atoms with Crippen LogP contribution >= 0.6 is 24.0 Å². The van der Waals surface area contributed by atoms with Crippen molar-refractivity contribution in [3.63, 3.8) is 0 Å². The number of phenolic OH excluding ortho intramolecular Hbond substituents is 1. The van der Waals surface area contributed by atoms with Crippen LogP contribution in [0.15, 0.2) is 52.1 Å². The van der Waals surface area contributed by atoms with Crippen LogP contribution in [0.2, 0.25) is 0 Å². The number of nitrogens with zero attached hydrogens (tertiary/aromatic N) is 3. The summed E-state index contributed by atoms with van der Waals surface area (Å²) >= 11 is 0. The molecule has 1 aromatic carbocycles. The number of aromatic hydroxyl groups is 1. The standard InChI is InChI=1S/C19H24N4O3.HI/c1-2-20-19(21-14-15-5-7-16(24)8-6-15)23-11-9-22(10-12-23)18(25)17-4-3-13-26-17;/h3-8,13,24H,2,9-12,14H2,1H3,(H,20,21);1H. The minimum Gasteiger partial charge on any atom is -0.508 e. The third-order valence-electron chi connectivity index (χ3n) is 4.28. The third kappa shape index (κ3) is 5.62. The fourth-order valence-electron chi connectivity index (χ4n) is 2.87. The maximum absolute atomic E-state index is 12.3. The number of phenols is 1. The van der Waals surface area contributed by atoms with Gasteiger partial charge in [-0.3, -0.25) is 4.79 Å². The van der Waals surface area contributed by atoms with Gasteiger partial charge in [-0.25, -0.2) is 4.99 Å². The molecule has 2 heterocycles. The van der Waals surface area contributed by atoms with E-state index in [1.54, 1.807) is 29.2 Å². The van der Waals surface area contributed by atoms with E-state index in [0.717, 1.165) is 18.1 Å². The van der Waals surface area contributed by atoms with Crippen molar-refractivity contribution in [3.8, 4) is 5.75 Å². The maximum atomic E-state index is 12.3. The number of carbonyl (C=O) groups is 1. The Hall–Kier alpha value is -2.23. The zero-order valence-electron chi connectivity index (χ0n) is 15.3. The van der Waals surface area contributed by atoms with Gasteiger partial charge in [-0.2, -0.15) is 0 Å². The van der Waals surface area contributed by atoms with Gasteiger partial charge in [-0.15, -0.1) is 24.0 Å². The number of furan rings is 1. The quantitative estimate of drug-likeness (QED) is 0.396. The van der Waals surface area contributed by atoms with Gasteiger partial charge < -0.3 is 24.6 Å². The average molecular weight is 484 g/mol. The highest BCUT2D eigenvalue weighted by atomic mass is 127. The minimum absolute atomic E-state index is 0. The first kappa shape index (κ1) is 21.1. The third-order valence-corrected chi connectivity index (χ3v) is 4.28. The molecule has 8 heteroatoms. The highest BCUT2D eigenvalue weighted by Crippen LogP contribution is 2.12. The van der Waals surface area contributed by atoms with E-state index in [1.807, 2.05) is 19.1 Å². The Morgan fingerprint density at radius 2 is 1.81 bits per heavy atom. The number of hydrogen-bond acceptors (Lipinski definition) is 4. The maximum Gasteiger partial charge on any atom is 0.289 e. The first-order valence-corrected chi connectivity index (χ1v) is 8.81. The Balaban J connectivity index is 0.00000261. The van der Waals surface area contributed by atoms with Crippen molar-refractivity contribution in [3.05, 3.63) is 54.0 Å². The van der Waals surface area contributed by atoms with Crippen LogP contribution in [-0.4, -0.2) is 59.5 Å². The highest BCUT2D eigenvalue weighted by Gasteiger charge is 2.25.